The zero-order valence-electron chi connectivity index (χ0n) is 16.8. The van der Waals surface area contributed by atoms with Crippen LogP contribution in [0.25, 0.3) is 0 Å². The first kappa shape index (κ1) is 22.0. The largest absolute Gasteiger partial charge is 0.490 e. The van der Waals surface area contributed by atoms with Gasteiger partial charge >= 0.3 is 12.1 Å². The molecule has 0 amide bonds. The Balaban J connectivity index is 0.000000318. The molecule has 0 aliphatic carbocycles. The lowest BCUT2D eigenvalue weighted by Crippen LogP contribution is -2.52. The fourth-order valence-electron chi connectivity index (χ4n) is 4.25. The van der Waals surface area contributed by atoms with Crippen LogP contribution in [-0.2, 0) is 16.8 Å². The molecule has 0 unspecified atom stereocenters. The smallest absolute Gasteiger partial charge is 0.475 e. The van der Waals surface area contributed by atoms with E-state index in [1.807, 2.05) is 6.20 Å². The average Bonchev–Trinajstić information content (AvgIpc) is 2.74. The summed E-state index contributed by atoms with van der Waals surface area (Å²) in [5.74, 6) is -1.74. The summed E-state index contributed by atoms with van der Waals surface area (Å²) in [4.78, 5) is 22.6. The van der Waals surface area contributed by atoms with Gasteiger partial charge < -0.3 is 10.0 Å². The van der Waals surface area contributed by atoms with Crippen LogP contribution in [0.3, 0.4) is 0 Å². The van der Waals surface area contributed by atoms with Crippen molar-refractivity contribution in [2.45, 2.75) is 37.9 Å². The third-order valence-corrected chi connectivity index (χ3v) is 5.79. The fraction of sp³-hybridized carbons (Fsp3) is 0.476. The fourth-order valence-corrected chi connectivity index (χ4v) is 4.25. The molecule has 1 aromatic carbocycles. The molecular formula is C21H25F3N4O2. The van der Waals surface area contributed by atoms with Crippen molar-refractivity contribution in [3.63, 3.8) is 0 Å². The third kappa shape index (κ3) is 4.89. The van der Waals surface area contributed by atoms with E-state index in [1.165, 1.54) is 24.9 Å². The normalized spacial score (nSPS) is 18.3. The highest BCUT2D eigenvalue weighted by molar-refractivity contribution is 5.73. The van der Waals surface area contributed by atoms with Crippen LogP contribution in [0.15, 0.2) is 42.9 Å². The molecule has 1 N–H and O–H groups in total. The molecule has 0 atom stereocenters. The molecule has 0 saturated carbocycles. The standard InChI is InChI=1S/C19H24N4.C2HF3O2/c1-2-22-14-16-5-3-4-6-17(16)19(15-22)7-11-23(12-8-19)18-13-20-9-10-21-18;3-2(4,5)1(6)7/h3-6,9-10,13H,2,7-8,11-12,14-15H2,1H3;(H,6,7). The number of hydrogen-bond donors (Lipinski definition) is 1. The number of carboxylic acid groups (broad SMARTS) is 1. The van der Waals surface area contributed by atoms with E-state index in [2.05, 4.69) is 51.0 Å². The second-order valence-electron chi connectivity index (χ2n) is 7.59. The van der Waals surface area contributed by atoms with Gasteiger partial charge in [0.05, 0.1) is 6.20 Å². The number of rotatable bonds is 2. The van der Waals surface area contributed by atoms with Crippen LogP contribution in [0.2, 0.25) is 0 Å². The van der Waals surface area contributed by atoms with E-state index >= 15 is 0 Å². The number of aromatic nitrogens is 2. The molecule has 1 aromatic heterocycles. The molecular weight excluding hydrogens is 397 g/mol. The van der Waals surface area contributed by atoms with Gasteiger partial charge in [-0.1, -0.05) is 31.2 Å². The number of carboxylic acids is 1. The predicted molar refractivity (Wildman–Crippen MR) is 106 cm³/mol. The maximum absolute atomic E-state index is 10.6. The first-order valence-corrected chi connectivity index (χ1v) is 9.87. The SMILES string of the molecule is CCN1Cc2ccccc2C2(CCN(c3cnccn3)CC2)C1.O=C(O)C(F)(F)F. The van der Waals surface area contributed by atoms with E-state index in [0.29, 0.717) is 5.41 Å². The van der Waals surface area contributed by atoms with E-state index in [4.69, 9.17) is 9.90 Å². The summed E-state index contributed by atoms with van der Waals surface area (Å²) < 4.78 is 31.7. The van der Waals surface area contributed by atoms with Gasteiger partial charge in [0.2, 0.25) is 0 Å². The first-order chi connectivity index (χ1) is 14.2. The van der Waals surface area contributed by atoms with E-state index in [1.54, 1.807) is 18.0 Å². The number of halogens is 3. The molecule has 1 fully saturated rings. The molecule has 2 aliphatic rings. The molecule has 162 valence electrons. The van der Waals surface area contributed by atoms with Crippen LogP contribution in [-0.4, -0.2) is 58.3 Å². The van der Waals surface area contributed by atoms with Crippen molar-refractivity contribution in [3.05, 3.63) is 54.0 Å². The number of piperidine rings is 1. The Morgan fingerprint density at radius 2 is 1.87 bits per heavy atom. The first-order valence-electron chi connectivity index (χ1n) is 9.87. The van der Waals surface area contributed by atoms with Crippen molar-refractivity contribution >= 4 is 11.8 Å². The maximum atomic E-state index is 10.6. The van der Waals surface area contributed by atoms with Gasteiger partial charge in [0.1, 0.15) is 5.82 Å². The summed E-state index contributed by atoms with van der Waals surface area (Å²) in [6.07, 6.45) is 2.71. The molecule has 2 aromatic rings. The molecule has 1 saturated heterocycles. The maximum Gasteiger partial charge on any atom is 0.490 e. The van der Waals surface area contributed by atoms with Gasteiger partial charge in [0.15, 0.2) is 0 Å². The number of alkyl halides is 3. The van der Waals surface area contributed by atoms with E-state index in [0.717, 1.165) is 32.0 Å². The zero-order valence-corrected chi connectivity index (χ0v) is 16.8. The summed E-state index contributed by atoms with van der Waals surface area (Å²) in [5.41, 5.74) is 3.42. The summed E-state index contributed by atoms with van der Waals surface area (Å²) in [6, 6.07) is 9.06. The summed E-state index contributed by atoms with van der Waals surface area (Å²) >= 11 is 0. The number of likely N-dealkylation sites (N-methyl/N-ethyl adjacent to an activating group) is 1. The van der Waals surface area contributed by atoms with Crippen LogP contribution in [0, 0.1) is 0 Å². The highest BCUT2D eigenvalue weighted by atomic mass is 19.4. The van der Waals surface area contributed by atoms with Gasteiger partial charge in [-0.15, -0.1) is 0 Å². The Morgan fingerprint density at radius 1 is 1.20 bits per heavy atom. The number of aliphatic carboxylic acids is 1. The van der Waals surface area contributed by atoms with E-state index in [-0.39, 0.29) is 0 Å². The van der Waals surface area contributed by atoms with Gasteiger partial charge in [0.25, 0.3) is 0 Å². The van der Waals surface area contributed by atoms with Crippen LogP contribution in [0.1, 0.15) is 30.9 Å². The van der Waals surface area contributed by atoms with Crippen molar-refractivity contribution in [1.29, 1.82) is 0 Å². The number of hydrogen-bond acceptors (Lipinski definition) is 5. The Hall–Kier alpha value is -2.68. The minimum atomic E-state index is -5.08. The van der Waals surface area contributed by atoms with Crippen LogP contribution in [0.4, 0.5) is 19.0 Å². The van der Waals surface area contributed by atoms with Crippen molar-refractivity contribution in [2.24, 2.45) is 0 Å². The number of anilines is 1. The van der Waals surface area contributed by atoms with Crippen molar-refractivity contribution in [1.82, 2.24) is 14.9 Å². The molecule has 4 rings (SSSR count). The quantitative estimate of drug-likeness (QED) is 0.799. The number of nitrogens with zero attached hydrogens (tertiary/aromatic N) is 4. The Kier molecular flexibility index (Phi) is 6.60. The number of carbonyl (C=O) groups is 1. The Labute approximate surface area is 173 Å². The third-order valence-electron chi connectivity index (χ3n) is 5.79. The molecule has 30 heavy (non-hydrogen) atoms. The Morgan fingerprint density at radius 3 is 2.43 bits per heavy atom. The van der Waals surface area contributed by atoms with Crippen LogP contribution in [0.5, 0.6) is 0 Å². The molecule has 1 spiro atoms. The van der Waals surface area contributed by atoms with Crippen molar-refractivity contribution < 1.29 is 23.1 Å². The predicted octanol–water partition coefficient (Wildman–Crippen LogP) is 3.48. The summed E-state index contributed by atoms with van der Waals surface area (Å²) in [6.45, 7) is 7.81. The number of benzene rings is 1. The lowest BCUT2D eigenvalue weighted by Gasteiger charge is -2.48. The summed E-state index contributed by atoms with van der Waals surface area (Å²) in [5, 5.41) is 7.12. The van der Waals surface area contributed by atoms with Gasteiger partial charge in [-0.05, 0) is 30.5 Å². The van der Waals surface area contributed by atoms with Gasteiger partial charge in [-0.25, -0.2) is 9.78 Å². The summed E-state index contributed by atoms with van der Waals surface area (Å²) in [7, 11) is 0. The van der Waals surface area contributed by atoms with Crippen LogP contribution < -0.4 is 4.90 Å². The minimum absolute atomic E-state index is 0.309. The molecule has 0 bridgehead atoms. The average molecular weight is 422 g/mol. The van der Waals surface area contributed by atoms with Gasteiger partial charge in [-0.2, -0.15) is 13.2 Å². The van der Waals surface area contributed by atoms with E-state index in [9.17, 15) is 13.2 Å². The highest BCUT2D eigenvalue weighted by Crippen LogP contribution is 2.42. The van der Waals surface area contributed by atoms with E-state index < -0.39 is 12.1 Å². The molecule has 0 radical (unpaired) electrons. The minimum Gasteiger partial charge on any atom is -0.475 e. The van der Waals surface area contributed by atoms with Crippen molar-refractivity contribution in [2.75, 3.05) is 31.1 Å². The lowest BCUT2D eigenvalue weighted by atomic mass is 9.69. The monoisotopic (exact) mass is 422 g/mol. The topological polar surface area (TPSA) is 69.6 Å². The number of fused-ring (bicyclic) bond motifs is 2. The second kappa shape index (κ2) is 8.99. The highest BCUT2D eigenvalue weighted by Gasteiger charge is 2.41. The Bertz CT molecular complexity index is 853. The lowest BCUT2D eigenvalue weighted by molar-refractivity contribution is -0.192. The van der Waals surface area contributed by atoms with Gasteiger partial charge in [0, 0.05) is 44.0 Å². The molecule has 2 aliphatic heterocycles. The molecule has 9 heteroatoms. The molecule has 6 nitrogen and oxygen atoms in total. The van der Waals surface area contributed by atoms with Crippen LogP contribution >= 0.6 is 0 Å². The zero-order chi connectivity index (χ0) is 21.8. The van der Waals surface area contributed by atoms with Crippen molar-refractivity contribution in [3.8, 4) is 0 Å². The second-order valence-corrected chi connectivity index (χ2v) is 7.59. The molecule has 3 heterocycles. The van der Waals surface area contributed by atoms with Gasteiger partial charge in [-0.3, -0.25) is 9.88 Å².